The number of nitrogens with zero attached hydrogens (tertiary/aromatic N) is 1. The Labute approximate surface area is 186 Å². The van der Waals surface area contributed by atoms with Gasteiger partial charge in [0.25, 0.3) is 0 Å². The Kier molecular flexibility index (Phi) is 8.93. The van der Waals surface area contributed by atoms with Gasteiger partial charge in [0, 0.05) is 36.7 Å². The normalized spacial score (nSPS) is 41.2. The highest BCUT2D eigenvalue weighted by Gasteiger charge is 2.48. The van der Waals surface area contributed by atoms with E-state index in [4.69, 9.17) is 9.47 Å². The summed E-state index contributed by atoms with van der Waals surface area (Å²) in [7, 11) is 0. The molecule has 10 heteroatoms. The molecule has 0 radical (unpaired) electrons. The molecule has 8 atom stereocenters. The summed E-state index contributed by atoms with van der Waals surface area (Å²) in [5, 5.41) is 31.5. The first kappa shape index (κ1) is 24.8. The second kappa shape index (κ2) is 10.8. The van der Waals surface area contributed by atoms with E-state index in [1.165, 1.54) is 11.8 Å². The smallest absolute Gasteiger partial charge is 0.136 e. The van der Waals surface area contributed by atoms with Gasteiger partial charge in [-0.1, -0.05) is 12.2 Å². The zero-order valence-electron chi connectivity index (χ0n) is 18.0. The highest BCUT2D eigenvalue weighted by atomic mass is 32.2. The molecular formula is C20H36N2O6S2. The fourth-order valence-corrected chi connectivity index (χ4v) is 5.91. The molecule has 174 valence electrons. The van der Waals surface area contributed by atoms with Crippen LogP contribution >= 0.6 is 11.8 Å². The number of nitrogens with one attached hydrogen (secondary N) is 1. The molecule has 3 aliphatic rings. The van der Waals surface area contributed by atoms with Crippen molar-refractivity contribution in [2.75, 3.05) is 38.6 Å². The first-order chi connectivity index (χ1) is 14.2. The molecule has 0 aromatic rings. The van der Waals surface area contributed by atoms with Crippen molar-refractivity contribution in [3.63, 3.8) is 0 Å². The molecule has 0 aromatic heterocycles. The Hall–Kier alpha value is 0.120. The summed E-state index contributed by atoms with van der Waals surface area (Å²) in [6.07, 6.45) is 0.210. The minimum atomic E-state index is -1.37. The van der Waals surface area contributed by atoms with E-state index in [1.54, 1.807) is 0 Å². The van der Waals surface area contributed by atoms with Crippen LogP contribution in [0.25, 0.3) is 0 Å². The number of thioether (sulfide) groups is 1. The van der Waals surface area contributed by atoms with Crippen molar-refractivity contribution < 1.29 is 29.3 Å². The van der Waals surface area contributed by atoms with Crippen molar-refractivity contribution in [2.45, 2.75) is 67.8 Å². The standard InChI is InChI=1S/C20H36N2O6S2/c1-20(2,3)30(26)21-14-6-4-5-13(11-22-7-9-27-10-8-22)12-29-19-17(25)15(23)16(24)18(14)28-19/h4-5,13-19,21,23-25H,6-12H2,1-3H3/b5-4-/t13?,14-,15?,16+,17-,18-,19?,30?/m1/s1. The topological polar surface area (TPSA) is 117 Å². The molecule has 2 fully saturated rings. The average Bonchev–Trinajstić information content (AvgIpc) is 2.70. The highest BCUT2D eigenvalue weighted by molar-refractivity contribution is 7.99. The van der Waals surface area contributed by atoms with Crippen LogP contribution in [0.2, 0.25) is 0 Å². The number of hydrogen-bond donors (Lipinski definition) is 4. The fourth-order valence-electron chi connectivity index (χ4n) is 3.83. The fraction of sp³-hybridized carbons (Fsp3) is 0.900. The summed E-state index contributed by atoms with van der Waals surface area (Å²) in [4.78, 5) is 2.37. The monoisotopic (exact) mass is 464 g/mol. The maximum absolute atomic E-state index is 12.7. The van der Waals surface area contributed by atoms with Gasteiger partial charge >= 0.3 is 0 Å². The maximum Gasteiger partial charge on any atom is 0.136 e. The number of aliphatic hydroxyl groups is 3. The third-order valence-electron chi connectivity index (χ3n) is 5.69. The lowest BCUT2D eigenvalue weighted by atomic mass is 9.93. The summed E-state index contributed by atoms with van der Waals surface area (Å²) in [5.74, 6) is 0.982. The number of morpholine rings is 1. The third kappa shape index (κ3) is 6.34. The number of rotatable bonds is 4. The molecule has 30 heavy (non-hydrogen) atoms. The van der Waals surface area contributed by atoms with Gasteiger partial charge in [-0.05, 0) is 33.1 Å². The van der Waals surface area contributed by atoms with Crippen molar-refractivity contribution in [1.82, 2.24) is 9.62 Å². The molecule has 8 nitrogen and oxygen atoms in total. The minimum Gasteiger partial charge on any atom is -0.598 e. The molecule has 3 rings (SSSR count). The second-order valence-corrected chi connectivity index (χ2v) is 12.3. The van der Waals surface area contributed by atoms with Crippen molar-refractivity contribution in [3.8, 4) is 0 Å². The molecule has 0 amide bonds. The molecule has 0 aliphatic carbocycles. The first-order valence-electron chi connectivity index (χ1n) is 10.6. The van der Waals surface area contributed by atoms with Crippen LogP contribution in [0.5, 0.6) is 0 Å². The van der Waals surface area contributed by atoms with Gasteiger partial charge in [-0.2, -0.15) is 0 Å². The molecular weight excluding hydrogens is 428 g/mol. The number of fused-ring (bicyclic) bond motifs is 2. The predicted octanol–water partition coefficient (Wildman–Crippen LogP) is -0.144. The number of aliphatic hydroxyl groups excluding tert-OH is 3. The second-order valence-electron chi connectivity index (χ2n) is 9.22. The van der Waals surface area contributed by atoms with E-state index in [0.717, 1.165) is 38.6 Å². The molecule has 0 spiro atoms. The lowest BCUT2D eigenvalue weighted by Crippen LogP contribution is -2.63. The van der Waals surface area contributed by atoms with E-state index < -0.39 is 52.0 Å². The molecule has 4 N–H and O–H groups in total. The summed E-state index contributed by atoms with van der Waals surface area (Å²) in [5.41, 5.74) is -0.653. The van der Waals surface area contributed by atoms with Gasteiger partial charge in [0.05, 0.1) is 19.3 Å². The largest absolute Gasteiger partial charge is 0.598 e. The van der Waals surface area contributed by atoms with E-state index in [1.807, 2.05) is 20.8 Å². The number of hydrogen-bond acceptors (Lipinski definition) is 9. The Morgan fingerprint density at radius 2 is 1.87 bits per heavy atom. The van der Waals surface area contributed by atoms with Crippen LogP contribution in [0.4, 0.5) is 0 Å². The third-order valence-corrected chi connectivity index (χ3v) is 8.66. The summed E-state index contributed by atoms with van der Waals surface area (Å²) >= 11 is 0.0908. The number of ether oxygens (including phenoxy) is 2. The van der Waals surface area contributed by atoms with Gasteiger partial charge in [0.1, 0.15) is 34.6 Å². The lowest BCUT2D eigenvalue weighted by molar-refractivity contribution is -0.203. The predicted molar refractivity (Wildman–Crippen MR) is 118 cm³/mol. The molecule has 0 saturated carbocycles. The molecule has 0 aromatic carbocycles. The minimum absolute atomic E-state index is 0.248. The van der Waals surface area contributed by atoms with Crippen LogP contribution in [0.3, 0.4) is 0 Å². The molecule has 2 saturated heterocycles. The Balaban J connectivity index is 1.77. The van der Waals surface area contributed by atoms with E-state index in [-0.39, 0.29) is 5.92 Å². The zero-order valence-corrected chi connectivity index (χ0v) is 19.6. The van der Waals surface area contributed by atoms with Crippen LogP contribution in [-0.4, -0.2) is 104 Å². The maximum atomic E-state index is 12.7. The van der Waals surface area contributed by atoms with Gasteiger partial charge in [-0.25, -0.2) is 0 Å². The Morgan fingerprint density at radius 3 is 2.53 bits per heavy atom. The van der Waals surface area contributed by atoms with Crippen LogP contribution in [0, 0.1) is 5.92 Å². The van der Waals surface area contributed by atoms with Crippen LogP contribution < -0.4 is 4.72 Å². The quantitative estimate of drug-likeness (QED) is 0.333. The van der Waals surface area contributed by atoms with Gasteiger partial charge in [0.2, 0.25) is 0 Å². The SMILES string of the molecule is CC(C)(C)[S+]([O-])N[C@@H]1C/C=C\C(CN2CCOCC2)CSC2O[C@H]1[C@@H](O)C(O)[C@H]2O. The van der Waals surface area contributed by atoms with Crippen molar-refractivity contribution in [3.05, 3.63) is 12.2 Å². The van der Waals surface area contributed by atoms with Gasteiger partial charge in [-0.3, -0.25) is 4.90 Å². The summed E-state index contributed by atoms with van der Waals surface area (Å²) < 4.78 is 26.8. The van der Waals surface area contributed by atoms with Crippen molar-refractivity contribution >= 4 is 23.1 Å². The summed E-state index contributed by atoms with van der Waals surface area (Å²) in [6.45, 7) is 9.80. The molecule has 3 aliphatic heterocycles. The van der Waals surface area contributed by atoms with E-state index >= 15 is 0 Å². The first-order valence-corrected chi connectivity index (χ1v) is 12.8. The van der Waals surface area contributed by atoms with Crippen LogP contribution in [-0.2, 0) is 20.8 Å². The molecule has 3 heterocycles. The summed E-state index contributed by atoms with van der Waals surface area (Å²) in [6, 6.07) is -0.455. The van der Waals surface area contributed by atoms with Crippen LogP contribution in [0.1, 0.15) is 27.2 Å². The highest BCUT2D eigenvalue weighted by Crippen LogP contribution is 2.33. The van der Waals surface area contributed by atoms with E-state index in [2.05, 4.69) is 21.8 Å². The van der Waals surface area contributed by atoms with Gasteiger partial charge < -0.3 is 29.3 Å². The molecule has 2 bridgehead atoms. The average molecular weight is 465 g/mol. The van der Waals surface area contributed by atoms with Crippen LogP contribution in [0.15, 0.2) is 12.2 Å². The lowest BCUT2D eigenvalue weighted by Gasteiger charge is -2.44. The van der Waals surface area contributed by atoms with E-state index in [9.17, 15) is 19.9 Å². The van der Waals surface area contributed by atoms with Crippen molar-refractivity contribution in [2.24, 2.45) is 5.92 Å². The Morgan fingerprint density at radius 1 is 1.17 bits per heavy atom. The van der Waals surface area contributed by atoms with Crippen molar-refractivity contribution in [1.29, 1.82) is 0 Å². The van der Waals surface area contributed by atoms with Gasteiger partial charge in [0.15, 0.2) is 0 Å². The van der Waals surface area contributed by atoms with E-state index in [0.29, 0.717) is 6.42 Å². The van der Waals surface area contributed by atoms with Gasteiger partial charge in [-0.15, -0.1) is 16.5 Å². The zero-order chi connectivity index (χ0) is 21.9. The Bertz CT molecular complexity index is 572. The molecule has 4 unspecified atom stereocenters.